The van der Waals surface area contributed by atoms with E-state index in [1.54, 1.807) is 0 Å². The molecule has 274 valence electrons. The summed E-state index contributed by atoms with van der Waals surface area (Å²) in [6.45, 7) is 2.28. The first kappa shape index (κ1) is 38.4. The molecule has 0 unspecified atom stereocenters. The molecule has 53 heavy (non-hydrogen) atoms. The molecule has 6 aromatic carbocycles. The summed E-state index contributed by atoms with van der Waals surface area (Å²) < 4.78 is 18.8. The second kappa shape index (κ2) is 19.1. The monoisotopic (exact) mass is 786 g/mol. The fraction of sp³-hybridized carbons (Fsp3) is 0.250. The van der Waals surface area contributed by atoms with Gasteiger partial charge in [0.2, 0.25) is 0 Å². The molecule has 3 nitrogen and oxygen atoms in total. The zero-order chi connectivity index (χ0) is 36.6. The van der Waals surface area contributed by atoms with Gasteiger partial charge in [-0.1, -0.05) is 0 Å². The van der Waals surface area contributed by atoms with Gasteiger partial charge in [0.1, 0.15) is 0 Å². The number of halogens is 1. The molecule has 0 fully saturated rings. The molecule has 0 aliphatic carbocycles. The summed E-state index contributed by atoms with van der Waals surface area (Å²) in [6.07, 6.45) is 13.9. The summed E-state index contributed by atoms with van der Waals surface area (Å²) >= 11 is 4.72. The quantitative estimate of drug-likeness (QED) is 0.0570. The molecule has 0 saturated carbocycles. The predicted molar refractivity (Wildman–Crippen MR) is 230 cm³/mol. The van der Waals surface area contributed by atoms with E-state index in [1.807, 2.05) is 91.0 Å². The maximum atomic E-state index is 6.27. The first-order valence-electron chi connectivity index (χ1n) is 19.3. The van der Waals surface area contributed by atoms with E-state index in [0.29, 0.717) is 0 Å². The molecule has 0 saturated heterocycles. The van der Waals surface area contributed by atoms with Crippen molar-refractivity contribution in [3.63, 3.8) is 0 Å². The van der Waals surface area contributed by atoms with Gasteiger partial charge in [0.15, 0.2) is 0 Å². The molecule has 6 rings (SSSR count). The van der Waals surface area contributed by atoms with Gasteiger partial charge < -0.3 is 0 Å². The Kier molecular flexibility index (Phi) is 13.8. The third kappa shape index (κ3) is 9.99. The van der Waals surface area contributed by atoms with Crippen LogP contribution in [0.5, 0.6) is 34.5 Å². The molecule has 0 bridgehead atoms. The Bertz CT molecular complexity index is 1720. The van der Waals surface area contributed by atoms with Crippen LogP contribution in [0.25, 0.3) is 0 Å². The van der Waals surface area contributed by atoms with Gasteiger partial charge in [0.05, 0.1) is 0 Å². The van der Waals surface area contributed by atoms with Crippen molar-refractivity contribution in [1.82, 2.24) is 0 Å². The third-order valence-electron chi connectivity index (χ3n) is 9.99. The number of rotatable bonds is 20. The number of hydrogen-bond donors (Lipinski definition) is 0. The molecule has 0 amide bonds. The maximum absolute atomic E-state index is 6.27. The van der Waals surface area contributed by atoms with E-state index in [0.717, 1.165) is 47.1 Å². The molecule has 0 aromatic heterocycles. The fourth-order valence-electron chi connectivity index (χ4n) is 7.08. The Balaban J connectivity index is 1.35. The molecule has 0 N–H and O–H groups in total. The second-order valence-electron chi connectivity index (χ2n) is 13.8. The molecular weight excluding hydrogens is 735 g/mol. The molecular formula is C48H52BrO3P. The van der Waals surface area contributed by atoms with Crippen LogP contribution in [0, 0.1) is 0 Å². The van der Waals surface area contributed by atoms with Crippen molar-refractivity contribution >= 4 is 36.7 Å². The topological polar surface area (TPSA) is 27.7 Å². The Morgan fingerprint density at radius 1 is 0.340 bits per heavy atom. The van der Waals surface area contributed by atoms with Crippen LogP contribution >= 0.6 is 20.8 Å². The molecule has 5 heteroatoms. The minimum absolute atomic E-state index is 0.815. The van der Waals surface area contributed by atoms with E-state index < -0.39 is 5.31 Å². The van der Waals surface area contributed by atoms with E-state index >= 15 is 0 Å². The van der Waals surface area contributed by atoms with Crippen molar-refractivity contribution in [3.05, 3.63) is 164 Å². The molecule has 0 atom stereocenters. The van der Waals surface area contributed by atoms with Crippen LogP contribution in [0.15, 0.2) is 164 Å². The Morgan fingerprint density at radius 3 is 0.906 bits per heavy atom. The van der Waals surface area contributed by atoms with E-state index in [-0.39, 0.29) is 0 Å². The van der Waals surface area contributed by atoms with E-state index in [9.17, 15) is 0 Å². The summed E-state index contributed by atoms with van der Waals surface area (Å²) in [5, 5.41) is 0.550. The van der Waals surface area contributed by atoms with Gasteiger partial charge >= 0.3 is 327 Å². The first-order chi connectivity index (χ1) is 26.0. The van der Waals surface area contributed by atoms with Crippen molar-refractivity contribution < 1.29 is 14.2 Å². The van der Waals surface area contributed by atoms with Crippen LogP contribution < -0.4 is 30.1 Å². The molecule has 0 radical (unpaired) electrons. The van der Waals surface area contributed by atoms with Crippen LogP contribution in [-0.4, -0.2) is 6.16 Å². The predicted octanol–water partition coefficient (Wildman–Crippen LogP) is 14.1. The third-order valence-corrected chi connectivity index (χ3v) is 20.0. The van der Waals surface area contributed by atoms with Crippen molar-refractivity contribution in [3.8, 4) is 34.5 Å². The van der Waals surface area contributed by atoms with Crippen LogP contribution in [-0.2, 0) is 0 Å². The van der Waals surface area contributed by atoms with Gasteiger partial charge in [-0.15, -0.1) is 0 Å². The first-order valence-corrected chi connectivity index (χ1v) is 23.7. The van der Waals surface area contributed by atoms with Crippen LogP contribution in [0.4, 0.5) is 0 Å². The average molecular weight is 788 g/mol. The zero-order valence-corrected chi connectivity index (χ0v) is 33.4. The number of benzene rings is 6. The summed E-state index contributed by atoms with van der Waals surface area (Å²) in [5.41, 5.74) is 0. The standard InChI is InChI=1S/C48H52BrO3P/c1-2-3-4-5-6-7-8-9-10-20-39-53(49,46-33-27-43(28-34-46)50-40-21-14-11-15-22-40,47-35-29-44(30-36-47)51-41-23-16-12-17-24-41)48-37-31-45(32-38-48)52-42-25-18-13-19-26-42/h11-19,21-38H,2-10,20,39H2,1H3. The summed E-state index contributed by atoms with van der Waals surface area (Å²) in [4.78, 5) is 0. The summed E-state index contributed by atoms with van der Waals surface area (Å²) in [6, 6.07) is 56.2. The van der Waals surface area contributed by atoms with Gasteiger partial charge in [-0.3, -0.25) is 0 Å². The molecule has 0 aliphatic heterocycles. The molecule has 0 aliphatic rings. The van der Waals surface area contributed by atoms with Gasteiger partial charge in [-0.25, -0.2) is 0 Å². The SMILES string of the molecule is CCCCCCCCCCCCP(Br)(c1ccc(Oc2ccccc2)cc1)(c1ccc(Oc2ccccc2)cc1)c1ccc(Oc2ccccc2)cc1. The van der Waals surface area contributed by atoms with Crippen LogP contribution in [0.1, 0.15) is 71.1 Å². The van der Waals surface area contributed by atoms with Crippen molar-refractivity contribution in [2.45, 2.75) is 71.1 Å². The van der Waals surface area contributed by atoms with Gasteiger partial charge in [0.25, 0.3) is 0 Å². The van der Waals surface area contributed by atoms with Crippen molar-refractivity contribution in [2.75, 3.05) is 6.16 Å². The second-order valence-corrected chi connectivity index (χ2v) is 22.9. The van der Waals surface area contributed by atoms with E-state index in [2.05, 4.69) is 79.7 Å². The minimum atomic E-state index is -3.24. The fourth-order valence-corrected chi connectivity index (χ4v) is 14.8. The number of hydrogen-bond acceptors (Lipinski definition) is 3. The number of unbranched alkanes of at least 4 members (excludes halogenated alkanes) is 9. The summed E-state index contributed by atoms with van der Waals surface area (Å²) in [5.74, 6) is 4.92. The van der Waals surface area contributed by atoms with E-state index in [1.165, 1.54) is 73.7 Å². The van der Waals surface area contributed by atoms with Crippen LogP contribution in [0.2, 0.25) is 0 Å². The van der Waals surface area contributed by atoms with Gasteiger partial charge in [0, 0.05) is 0 Å². The number of ether oxygens (including phenoxy) is 3. The summed E-state index contributed by atoms with van der Waals surface area (Å²) in [7, 11) is 0. The van der Waals surface area contributed by atoms with E-state index in [4.69, 9.17) is 29.7 Å². The van der Waals surface area contributed by atoms with Gasteiger partial charge in [-0.2, -0.15) is 0 Å². The Hall–Kier alpha value is -4.37. The molecule has 0 spiro atoms. The Labute approximate surface area is 325 Å². The van der Waals surface area contributed by atoms with Crippen molar-refractivity contribution in [2.24, 2.45) is 0 Å². The number of para-hydroxylation sites is 3. The Morgan fingerprint density at radius 2 is 0.604 bits per heavy atom. The van der Waals surface area contributed by atoms with Gasteiger partial charge in [-0.05, 0) is 0 Å². The zero-order valence-electron chi connectivity index (χ0n) is 30.9. The van der Waals surface area contributed by atoms with Crippen molar-refractivity contribution in [1.29, 1.82) is 0 Å². The molecule has 6 aromatic rings. The van der Waals surface area contributed by atoms with Crippen LogP contribution in [0.3, 0.4) is 0 Å². The normalized spacial score (nSPS) is 12.1. The average Bonchev–Trinajstić information content (AvgIpc) is 3.20. The molecule has 0 heterocycles.